The van der Waals surface area contributed by atoms with E-state index in [0.29, 0.717) is 10.9 Å². The van der Waals surface area contributed by atoms with Gasteiger partial charge < -0.3 is 19.9 Å². The molecule has 2 rings (SSSR count). The zero-order chi connectivity index (χ0) is 17.9. The van der Waals surface area contributed by atoms with Gasteiger partial charge in [0.15, 0.2) is 0 Å². The van der Waals surface area contributed by atoms with Crippen LogP contribution in [0.2, 0.25) is 0 Å². The highest BCUT2D eigenvalue weighted by atomic mass is 32.2. The number of hydrogen-bond donors (Lipinski definition) is 3. The Morgan fingerprint density at radius 2 is 2.08 bits per heavy atom. The highest BCUT2D eigenvalue weighted by molar-refractivity contribution is 7.98. The molecule has 0 aliphatic carbocycles. The van der Waals surface area contributed by atoms with Crippen molar-refractivity contribution in [3.05, 3.63) is 39.7 Å². The van der Waals surface area contributed by atoms with Crippen molar-refractivity contribution in [1.82, 2.24) is 5.32 Å². The van der Waals surface area contributed by atoms with Gasteiger partial charge in [0.25, 0.3) is 0 Å². The number of carboxylic acid groups (broad SMARTS) is 1. The van der Waals surface area contributed by atoms with Crippen LogP contribution in [0.25, 0.3) is 11.0 Å². The summed E-state index contributed by atoms with van der Waals surface area (Å²) in [6.07, 6.45) is 1.46. The van der Waals surface area contributed by atoms with Crippen LogP contribution in [0.5, 0.6) is 5.75 Å². The normalized spacial score (nSPS) is 12.1. The largest absolute Gasteiger partial charge is 0.508 e. The summed E-state index contributed by atoms with van der Waals surface area (Å²) in [6, 6.07) is 3.36. The van der Waals surface area contributed by atoms with E-state index in [1.807, 2.05) is 0 Å². The van der Waals surface area contributed by atoms with E-state index in [1.54, 1.807) is 19.2 Å². The van der Waals surface area contributed by atoms with Crippen molar-refractivity contribution in [2.75, 3.05) is 12.0 Å². The molecule has 1 amide bonds. The maximum atomic E-state index is 12.1. The zero-order valence-electron chi connectivity index (χ0n) is 13.2. The molecule has 1 aromatic carbocycles. The molecular formula is C16H17NO6S. The van der Waals surface area contributed by atoms with Crippen LogP contribution in [0, 0.1) is 6.92 Å². The number of carboxylic acids is 1. The van der Waals surface area contributed by atoms with Gasteiger partial charge >= 0.3 is 11.6 Å². The fourth-order valence-electron chi connectivity index (χ4n) is 2.33. The van der Waals surface area contributed by atoms with E-state index in [4.69, 9.17) is 9.52 Å². The summed E-state index contributed by atoms with van der Waals surface area (Å²) in [5.41, 5.74) is 0.275. The van der Waals surface area contributed by atoms with E-state index in [0.717, 1.165) is 0 Å². The summed E-state index contributed by atoms with van der Waals surface area (Å²) >= 11 is 1.30. The molecule has 7 nitrogen and oxygen atoms in total. The molecule has 0 saturated carbocycles. The number of nitrogens with one attached hydrogen (secondary N) is 1. The molecule has 1 atom stereocenters. The van der Waals surface area contributed by atoms with Crippen molar-refractivity contribution in [1.29, 1.82) is 0 Å². The van der Waals surface area contributed by atoms with Crippen LogP contribution in [0.4, 0.5) is 0 Å². The number of amides is 1. The Kier molecular flexibility index (Phi) is 5.50. The fraction of sp³-hybridized carbons (Fsp3) is 0.312. The Morgan fingerprint density at radius 3 is 2.71 bits per heavy atom. The smallest absolute Gasteiger partial charge is 0.340 e. The average Bonchev–Trinajstić information content (AvgIpc) is 2.50. The van der Waals surface area contributed by atoms with Gasteiger partial charge in [-0.25, -0.2) is 9.59 Å². The number of rotatable bonds is 6. The lowest BCUT2D eigenvalue weighted by Crippen LogP contribution is -2.43. The number of phenols is 1. The Hall–Kier alpha value is -2.48. The number of benzene rings is 1. The second-order valence-corrected chi connectivity index (χ2v) is 6.17. The van der Waals surface area contributed by atoms with Crippen molar-refractivity contribution in [2.24, 2.45) is 0 Å². The van der Waals surface area contributed by atoms with Crippen LogP contribution in [0.1, 0.15) is 11.1 Å². The Labute approximate surface area is 141 Å². The standard InChI is InChI=1S/C16H17NO6S/c1-8-10-4-3-9(18)5-13(10)23-16(22)11(8)6-14(19)17-12(7-24-2)15(20)21/h3-5,12,18H,6-7H2,1-2H3,(H,17,19)(H,20,21). The highest BCUT2D eigenvalue weighted by Gasteiger charge is 2.21. The lowest BCUT2D eigenvalue weighted by molar-refractivity contribution is -0.141. The van der Waals surface area contributed by atoms with Crippen molar-refractivity contribution in [3.8, 4) is 5.75 Å². The SMILES string of the molecule is CSCC(NC(=O)Cc1c(C)c2ccc(O)cc2oc1=O)C(=O)O. The summed E-state index contributed by atoms with van der Waals surface area (Å²) < 4.78 is 5.14. The van der Waals surface area contributed by atoms with E-state index in [1.165, 1.54) is 23.9 Å². The zero-order valence-corrected chi connectivity index (χ0v) is 14.0. The van der Waals surface area contributed by atoms with E-state index >= 15 is 0 Å². The van der Waals surface area contributed by atoms with E-state index in [2.05, 4.69) is 5.32 Å². The predicted octanol–water partition coefficient (Wildman–Crippen LogP) is 1.28. The molecule has 1 unspecified atom stereocenters. The van der Waals surface area contributed by atoms with Gasteiger partial charge in [0.05, 0.1) is 12.0 Å². The number of aromatic hydroxyl groups is 1. The number of phenolic OH excluding ortho intramolecular Hbond substituents is 1. The second kappa shape index (κ2) is 7.39. The van der Waals surface area contributed by atoms with Crippen LogP contribution >= 0.6 is 11.8 Å². The van der Waals surface area contributed by atoms with Crippen molar-refractivity contribution in [3.63, 3.8) is 0 Å². The second-order valence-electron chi connectivity index (χ2n) is 5.26. The van der Waals surface area contributed by atoms with Crippen LogP contribution in [-0.4, -0.2) is 40.1 Å². The van der Waals surface area contributed by atoms with Crippen molar-refractivity contribution >= 4 is 34.6 Å². The minimum Gasteiger partial charge on any atom is -0.508 e. The quantitative estimate of drug-likeness (QED) is 0.671. The first-order chi connectivity index (χ1) is 11.3. The molecule has 3 N–H and O–H groups in total. The molecular weight excluding hydrogens is 334 g/mol. The predicted molar refractivity (Wildman–Crippen MR) is 90.5 cm³/mol. The lowest BCUT2D eigenvalue weighted by Gasteiger charge is -2.14. The van der Waals surface area contributed by atoms with E-state index < -0.39 is 23.5 Å². The van der Waals surface area contributed by atoms with Crippen LogP contribution in [-0.2, 0) is 16.0 Å². The van der Waals surface area contributed by atoms with Gasteiger partial charge in [0.2, 0.25) is 5.91 Å². The molecule has 0 aliphatic rings. The van der Waals surface area contributed by atoms with Gasteiger partial charge in [-0.2, -0.15) is 11.8 Å². The van der Waals surface area contributed by atoms with Gasteiger partial charge in [-0.15, -0.1) is 0 Å². The Balaban J connectivity index is 2.29. The molecule has 0 bridgehead atoms. The monoisotopic (exact) mass is 351 g/mol. The molecule has 0 spiro atoms. The molecule has 0 aliphatic heterocycles. The molecule has 1 aromatic heterocycles. The number of carbonyl (C=O) groups is 2. The minimum absolute atomic E-state index is 0.0306. The number of aryl methyl sites for hydroxylation is 1. The molecule has 0 radical (unpaired) electrons. The maximum Gasteiger partial charge on any atom is 0.340 e. The first kappa shape index (κ1) is 17.9. The molecule has 128 valence electrons. The first-order valence-electron chi connectivity index (χ1n) is 7.10. The summed E-state index contributed by atoms with van der Waals surface area (Å²) in [6.45, 7) is 1.68. The third-order valence-electron chi connectivity index (χ3n) is 3.57. The average molecular weight is 351 g/mol. The molecule has 0 saturated heterocycles. The molecule has 0 fully saturated rings. The minimum atomic E-state index is -1.13. The highest BCUT2D eigenvalue weighted by Crippen LogP contribution is 2.23. The number of hydrogen-bond acceptors (Lipinski definition) is 6. The summed E-state index contributed by atoms with van der Waals surface area (Å²) in [4.78, 5) is 35.3. The summed E-state index contributed by atoms with van der Waals surface area (Å²) in [5, 5.41) is 21.5. The van der Waals surface area contributed by atoms with Crippen molar-refractivity contribution in [2.45, 2.75) is 19.4 Å². The Bertz CT molecular complexity index is 844. The number of carbonyl (C=O) groups excluding carboxylic acids is 1. The third kappa shape index (κ3) is 3.88. The van der Waals surface area contributed by atoms with Crippen LogP contribution in [0.15, 0.2) is 27.4 Å². The summed E-state index contributed by atoms with van der Waals surface area (Å²) in [7, 11) is 0. The topological polar surface area (TPSA) is 117 Å². The molecule has 8 heteroatoms. The third-order valence-corrected chi connectivity index (χ3v) is 4.24. The van der Waals surface area contributed by atoms with Crippen LogP contribution in [0.3, 0.4) is 0 Å². The van der Waals surface area contributed by atoms with Gasteiger partial charge in [-0.05, 0) is 30.9 Å². The van der Waals surface area contributed by atoms with E-state index in [-0.39, 0.29) is 29.1 Å². The van der Waals surface area contributed by atoms with Gasteiger partial charge in [-0.1, -0.05) is 0 Å². The van der Waals surface area contributed by atoms with Gasteiger partial charge in [-0.3, -0.25) is 4.79 Å². The lowest BCUT2D eigenvalue weighted by atomic mass is 10.0. The number of fused-ring (bicyclic) bond motifs is 1. The number of aliphatic carboxylic acids is 1. The molecule has 24 heavy (non-hydrogen) atoms. The fourth-order valence-corrected chi connectivity index (χ4v) is 2.89. The van der Waals surface area contributed by atoms with Gasteiger partial charge in [0, 0.05) is 17.2 Å². The Morgan fingerprint density at radius 1 is 1.38 bits per heavy atom. The van der Waals surface area contributed by atoms with Crippen molar-refractivity contribution < 1.29 is 24.2 Å². The first-order valence-corrected chi connectivity index (χ1v) is 8.49. The molecule has 2 aromatic rings. The molecule has 1 heterocycles. The van der Waals surface area contributed by atoms with E-state index in [9.17, 15) is 19.5 Å². The van der Waals surface area contributed by atoms with Gasteiger partial charge in [0.1, 0.15) is 17.4 Å². The van der Waals surface area contributed by atoms with Crippen LogP contribution < -0.4 is 10.9 Å². The number of thioether (sulfide) groups is 1. The summed E-state index contributed by atoms with van der Waals surface area (Å²) in [5.74, 6) is -1.50. The maximum absolute atomic E-state index is 12.1.